The number of rotatable bonds is 3. The molecule has 0 radical (unpaired) electrons. The molecule has 0 saturated heterocycles. The Morgan fingerprint density at radius 1 is 1.55 bits per heavy atom. The normalized spacial score (nSPS) is 13.2. The zero-order valence-electron chi connectivity index (χ0n) is 11.0. The molecule has 0 N–H and O–H groups in total. The average molecular weight is 307 g/mol. The van der Waals surface area contributed by atoms with Gasteiger partial charge in [0.15, 0.2) is 5.78 Å². The Morgan fingerprint density at radius 2 is 2.25 bits per heavy atom. The molecule has 0 aliphatic heterocycles. The van der Waals surface area contributed by atoms with Crippen LogP contribution in [-0.4, -0.2) is 12.0 Å². The molecule has 0 aliphatic rings. The maximum Gasteiger partial charge on any atom is 0.171 e. The van der Waals surface area contributed by atoms with Gasteiger partial charge < -0.3 is 0 Å². The first kappa shape index (κ1) is 14.8. The summed E-state index contributed by atoms with van der Waals surface area (Å²) in [5.41, 5.74) is 1.24. The fraction of sp³-hybridized carbons (Fsp3) is 0.188. The molecule has 20 heavy (non-hydrogen) atoms. The fourth-order valence-electron chi connectivity index (χ4n) is 1.92. The number of thiophene rings is 1. The number of allylic oxidation sites excluding steroid dienone is 2. The van der Waals surface area contributed by atoms with Gasteiger partial charge in [-0.3, -0.25) is 4.79 Å². The van der Waals surface area contributed by atoms with Gasteiger partial charge in [-0.05, 0) is 24.6 Å². The van der Waals surface area contributed by atoms with E-state index in [0.29, 0.717) is 15.5 Å². The summed E-state index contributed by atoms with van der Waals surface area (Å²) in [6.07, 6.45) is 5.70. The third-order valence-electron chi connectivity index (χ3n) is 2.81. The topological polar surface area (TPSA) is 17.1 Å². The Morgan fingerprint density at radius 3 is 2.80 bits per heavy atom. The number of ketones is 1. The second-order valence-corrected chi connectivity index (χ2v) is 5.84. The highest BCUT2D eigenvalue weighted by atomic mass is 35.5. The van der Waals surface area contributed by atoms with Crippen LogP contribution in [0.15, 0.2) is 24.3 Å². The molecule has 102 valence electrons. The van der Waals surface area contributed by atoms with Gasteiger partial charge in [-0.25, -0.2) is 4.39 Å². The highest BCUT2D eigenvalue weighted by Crippen LogP contribution is 2.37. The van der Waals surface area contributed by atoms with Gasteiger partial charge in [0.05, 0.1) is 9.90 Å². The molecule has 1 aromatic carbocycles. The summed E-state index contributed by atoms with van der Waals surface area (Å²) in [7, 11) is 0. The van der Waals surface area contributed by atoms with Gasteiger partial charge in [-0.15, -0.1) is 17.8 Å². The molecule has 2 rings (SSSR count). The van der Waals surface area contributed by atoms with Crippen LogP contribution in [0.2, 0.25) is 5.02 Å². The van der Waals surface area contributed by atoms with E-state index >= 15 is 0 Å². The van der Waals surface area contributed by atoms with Gasteiger partial charge in [0.1, 0.15) is 6.17 Å². The SMILES string of the molecule is C#C/C(=C\C(C)F)c1ccc2c(Cl)c(C(C)=O)sc2c1. The van der Waals surface area contributed by atoms with Crippen LogP contribution in [-0.2, 0) is 0 Å². The molecule has 0 fully saturated rings. The van der Waals surface area contributed by atoms with E-state index in [9.17, 15) is 9.18 Å². The number of benzene rings is 1. The Kier molecular flexibility index (Phi) is 4.27. The standard InChI is InChI=1S/C16H12ClFOS/c1-4-11(7-9(2)18)12-5-6-13-14(8-12)20-16(10(3)19)15(13)17/h1,5-9H,2-3H3/b11-7+. The van der Waals surface area contributed by atoms with Crippen molar-refractivity contribution < 1.29 is 9.18 Å². The molecule has 1 heterocycles. The maximum atomic E-state index is 13.1. The molecule has 1 aromatic heterocycles. The largest absolute Gasteiger partial charge is 0.294 e. The van der Waals surface area contributed by atoms with Crippen LogP contribution in [0.5, 0.6) is 0 Å². The van der Waals surface area contributed by atoms with Crippen molar-refractivity contribution in [2.24, 2.45) is 0 Å². The van der Waals surface area contributed by atoms with Gasteiger partial charge in [-0.2, -0.15) is 0 Å². The summed E-state index contributed by atoms with van der Waals surface area (Å²) < 4.78 is 13.9. The van der Waals surface area contributed by atoms with Gasteiger partial charge >= 0.3 is 0 Å². The fourth-order valence-corrected chi connectivity index (χ4v) is 3.42. The van der Waals surface area contributed by atoms with E-state index in [2.05, 4.69) is 5.92 Å². The van der Waals surface area contributed by atoms with E-state index in [0.717, 1.165) is 15.6 Å². The number of carbonyl (C=O) groups is 1. The molecule has 0 bridgehead atoms. The third kappa shape index (κ3) is 2.77. The van der Waals surface area contributed by atoms with Crippen LogP contribution >= 0.6 is 22.9 Å². The molecular weight excluding hydrogens is 295 g/mol. The first-order chi connectivity index (χ1) is 9.43. The minimum atomic E-state index is -1.11. The number of alkyl halides is 1. The Balaban J connectivity index is 2.60. The van der Waals surface area contributed by atoms with E-state index in [1.807, 2.05) is 12.1 Å². The van der Waals surface area contributed by atoms with Gasteiger partial charge in [0.25, 0.3) is 0 Å². The van der Waals surface area contributed by atoms with Crippen molar-refractivity contribution in [1.82, 2.24) is 0 Å². The van der Waals surface area contributed by atoms with Crippen molar-refractivity contribution in [3.8, 4) is 12.3 Å². The number of halogens is 2. The number of Topliss-reactive ketones (excluding diaryl/α,β-unsaturated/α-hetero) is 1. The maximum absolute atomic E-state index is 13.1. The molecule has 0 amide bonds. The minimum absolute atomic E-state index is 0.0668. The molecule has 0 aliphatic carbocycles. The summed E-state index contributed by atoms with van der Waals surface area (Å²) in [5.74, 6) is 2.42. The number of hydrogen-bond donors (Lipinski definition) is 0. The smallest absolute Gasteiger partial charge is 0.171 e. The quantitative estimate of drug-likeness (QED) is 0.567. The van der Waals surface area contributed by atoms with Crippen LogP contribution in [0.3, 0.4) is 0 Å². The van der Waals surface area contributed by atoms with Crippen molar-refractivity contribution in [3.05, 3.63) is 39.7 Å². The van der Waals surface area contributed by atoms with Crippen LogP contribution in [0, 0.1) is 12.3 Å². The molecular formula is C16H12ClFOS. The first-order valence-electron chi connectivity index (χ1n) is 6.00. The van der Waals surface area contributed by atoms with Crippen LogP contribution < -0.4 is 0 Å². The second kappa shape index (κ2) is 5.78. The summed E-state index contributed by atoms with van der Waals surface area (Å²) in [4.78, 5) is 12.0. The number of carbonyl (C=O) groups excluding carboxylic acids is 1. The number of fused-ring (bicyclic) bond motifs is 1. The molecule has 1 atom stereocenters. The van der Waals surface area contributed by atoms with Crippen molar-refractivity contribution in [2.45, 2.75) is 20.0 Å². The predicted molar refractivity (Wildman–Crippen MR) is 84.2 cm³/mol. The van der Waals surface area contributed by atoms with Gasteiger partial charge in [-0.1, -0.05) is 29.7 Å². The van der Waals surface area contributed by atoms with E-state index in [1.165, 1.54) is 31.3 Å². The van der Waals surface area contributed by atoms with Crippen molar-refractivity contribution in [2.75, 3.05) is 0 Å². The Hall–Kier alpha value is -1.63. The van der Waals surface area contributed by atoms with E-state index in [1.54, 1.807) is 6.07 Å². The molecule has 0 saturated carbocycles. The first-order valence-corrected chi connectivity index (χ1v) is 7.19. The molecule has 4 heteroatoms. The molecule has 1 nitrogen and oxygen atoms in total. The lowest BCUT2D eigenvalue weighted by molar-refractivity contribution is 0.102. The zero-order chi connectivity index (χ0) is 14.9. The van der Waals surface area contributed by atoms with Gasteiger partial charge in [0.2, 0.25) is 0 Å². The van der Waals surface area contributed by atoms with Crippen molar-refractivity contribution in [3.63, 3.8) is 0 Å². The van der Waals surface area contributed by atoms with Crippen molar-refractivity contribution >= 4 is 44.4 Å². The Bertz CT molecular complexity index is 750. The zero-order valence-corrected chi connectivity index (χ0v) is 12.6. The van der Waals surface area contributed by atoms with E-state index < -0.39 is 6.17 Å². The van der Waals surface area contributed by atoms with Crippen LogP contribution in [0.4, 0.5) is 4.39 Å². The summed E-state index contributed by atoms with van der Waals surface area (Å²) >= 11 is 7.50. The number of hydrogen-bond acceptors (Lipinski definition) is 2. The summed E-state index contributed by atoms with van der Waals surface area (Å²) in [5, 5.41) is 1.28. The second-order valence-electron chi connectivity index (χ2n) is 4.41. The Labute approximate surface area is 126 Å². The summed E-state index contributed by atoms with van der Waals surface area (Å²) in [6, 6.07) is 5.44. The predicted octanol–water partition coefficient (Wildman–Crippen LogP) is 5.13. The average Bonchev–Trinajstić information content (AvgIpc) is 2.73. The number of terminal acetylenes is 1. The van der Waals surface area contributed by atoms with Crippen LogP contribution in [0.25, 0.3) is 15.7 Å². The van der Waals surface area contributed by atoms with E-state index in [4.69, 9.17) is 18.0 Å². The lowest BCUT2D eigenvalue weighted by atomic mass is 10.0. The molecule has 1 unspecified atom stereocenters. The van der Waals surface area contributed by atoms with Crippen molar-refractivity contribution in [1.29, 1.82) is 0 Å². The lowest BCUT2D eigenvalue weighted by Gasteiger charge is -2.02. The van der Waals surface area contributed by atoms with E-state index in [-0.39, 0.29) is 5.78 Å². The highest BCUT2D eigenvalue weighted by Gasteiger charge is 2.14. The molecule has 0 spiro atoms. The molecule has 2 aromatic rings. The van der Waals surface area contributed by atoms with Gasteiger partial charge in [0, 0.05) is 22.6 Å². The monoisotopic (exact) mass is 306 g/mol. The minimum Gasteiger partial charge on any atom is -0.294 e. The third-order valence-corrected chi connectivity index (χ3v) is 4.57. The highest BCUT2D eigenvalue weighted by molar-refractivity contribution is 7.21. The van der Waals surface area contributed by atoms with Crippen LogP contribution in [0.1, 0.15) is 29.1 Å². The summed E-state index contributed by atoms with van der Waals surface area (Å²) in [6.45, 7) is 2.90. The lowest BCUT2D eigenvalue weighted by Crippen LogP contribution is -1.89.